The zero-order valence-corrected chi connectivity index (χ0v) is 19.9. The van der Waals surface area contributed by atoms with Crippen molar-refractivity contribution in [2.24, 2.45) is 0 Å². The molecule has 0 aliphatic heterocycles. The van der Waals surface area contributed by atoms with E-state index < -0.39 is 36.0 Å². The first-order valence-corrected chi connectivity index (χ1v) is 11.1. The highest BCUT2D eigenvalue weighted by molar-refractivity contribution is 5.65. The van der Waals surface area contributed by atoms with Crippen molar-refractivity contribution in [2.45, 2.75) is 26.3 Å². The number of rotatable bonds is 8. The number of aromatic nitrogens is 3. The Kier molecular flexibility index (Phi) is 7.16. The van der Waals surface area contributed by atoms with Gasteiger partial charge < -0.3 is 24.3 Å². The lowest BCUT2D eigenvalue weighted by Gasteiger charge is -2.21. The van der Waals surface area contributed by atoms with E-state index in [2.05, 4.69) is 10.3 Å². The number of aryl methyl sites for hydroxylation is 2. The standard InChI is InChI=1S/C26H25F3N4O3/c1-15-6-17(8-19(27)7-15)23(13-34)33-12-18(25(28)29)9-21(26(33)35)31-20-4-5-22(24(10-20)36-3)32-11-16(2)30-14-32/h4-12,14,23,25,31,34H,13H2,1-3H3/t23-/m0/s1. The maximum Gasteiger partial charge on any atom is 0.274 e. The van der Waals surface area contributed by atoms with Crippen LogP contribution in [0.25, 0.3) is 5.69 Å². The van der Waals surface area contributed by atoms with Crippen LogP contribution in [0.15, 0.2) is 66.0 Å². The minimum absolute atomic E-state index is 0.132. The summed E-state index contributed by atoms with van der Waals surface area (Å²) in [5, 5.41) is 12.9. The van der Waals surface area contributed by atoms with E-state index in [0.29, 0.717) is 22.7 Å². The Morgan fingerprint density at radius 1 is 1.08 bits per heavy atom. The Balaban J connectivity index is 1.77. The molecule has 1 atom stereocenters. The van der Waals surface area contributed by atoms with Crippen LogP contribution in [0.1, 0.15) is 34.9 Å². The topological polar surface area (TPSA) is 81.3 Å². The van der Waals surface area contributed by atoms with Crippen LogP contribution in [0.3, 0.4) is 0 Å². The number of aliphatic hydroxyl groups is 1. The average molecular weight is 499 g/mol. The molecule has 2 heterocycles. The highest BCUT2D eigenvalue weighted by Gasteiger charge is 2.21. The fourth-order valence-electron chi connectivity index (χ4n) is 4.05. The third-order valence-electron chi connectivity index (χ3n) is 5.72. The normalized spacial score (nSPS) is 12.1. The van der Waals surface area contributed by atoms with Gasteiger partial charge in [0.05, 0.1) is 37.5 Å². The second-order valence-electron chi connectivity index (χ2n) is 8.39. The molecule has 0 spiro atoms. The number of hydrogen-bond acceptors (Lipinski definition) is 5. The van der Waals surface area contributed by atoms with E-state index in [1.165, 1.54) is 19.2 Å². The van der Waals surface area contributed by atoms with Gasteiger partial charge in [-0.25, -0.2) is 18.2 Å². The molecule has 0 aliphatic carbocycles. The van der Waals surface area contributed by atoms with E-state index in [-0.39, 0.29) is 11.3 Å². The number of halogens is 3. The highest BCUT2D eigenvalue weighted by Crippen LogP contribution is 2.30. The van der Waals surface area contributed by atoms with Gasteiger partial charge in [-0.1, -0.05) is 6.07 Å². The number of ether oxygens (including phenoxy) is 1. The summed E-state index contributed by atoms with van der Waals surface area (Å²) in [4.78, 5) is 17.5. The largest absolute Gasteiger partial charge is 0.494 e. The number of aliphatic hydroxyl groups excluding tert-OH is 1. The monoisotopic (exact) mass is 498 g/mol. The van der Waals surface area contributed by atoms with E-state index in [1.54, 1.807) is 42.1 Å². The van der Waals surface area contributed by atoms with Gasteiger partial charge in [0, 0.05) is 29.7 Å². The van der Waals surface area contributed by atoms with Crippen LogP contribution in [0.2, 0.25) is 0 Å². The molecule has 0 amide bonds. The van der Waals surface area contributed by atoms with Gasteiger partial charge in [0.25, 0.3) is 12.0 Å². The van der Waals surface area contributed by atoms with Crippen molar-refractivity contribution in [2.75, 3.05) is 19.0 Å². The quantitative estimate of drug-likeness (QED) is 0.355. The number of methoxy groups -OCH3 is 1. The van der Waals surface area contributed by atoms with Crippen molar-refractivity contribution in [1.82, 2.24) is 14.1 Å². The van der Waals surface area contributed by atoms with Crippen LogP contribution < -0.4 is 15.6 Å². The minimum Gasteiger partial charge on any atom is -0.494 e. The zero-order chi connectivity index (χ0) is 26.0. The first-order chi connectivity index (χ1) is 17.2. The van der Waals surface area contributed by atoms with Crippen molar-refractivity contribution >= 4 is 11.4 Å². The molecule has 0 saturated heterocycles. The van der Waals surface area contributed by atoms with Gasteiger partial charge >= 0.3 is 0 Å². The maximum atomic E-state index is 14.0. The molecule has 188 valence electrons. The number of benzene rings is 2. The molecule has 0 saturated carbocycles. The number of anilines is 2. The predicted molar refractivity (Wildman–Crippen MR) is 130 cm³/mol. The minimum atomic E-state index is -2.88. The van der Waals surface area contributed by atoms with E-state index in [0.717, 1.165) is 22.5 Å². The van der Waals surface area contributed by atoms with Crippen molar-refractivity contribution in [3.8, 4) is 11.4 Å². The van der Waals surface area contributed by atoms with Crippen molar-refractivity contribution in [1.29, 1.82) is 0 Å². The summed E-state index contributed by atoms with van der Waals surface area (Å²) in [5.41, 5.74) is 1.57. The van der Waals surface area contributed by atoms with Gasteiger partial charge in [0.15, 0.2) is 0 Å². The lowest BCUT2D eigenvalue weighted by molar-refractivity contribution is 0.149. The molecule has 2 aromatic heterocycles. The number of nitrogens with one attached hydrogen (secondary N) is 1. The molecule has 0 radical (unpaired) electrons. The van der Waals surface area contributed by atoms with Crippen LogP contribution >= 0.6 is 0 Å². The smallest absolute Gasteiger partial charge is 0.274 e. The second kappa shape index (κ2) is 10.3. The fourth-order valence-corrected chi connectivity index (χ4v) is 4.05. The molecule has 2 aromatic carbocycles. The molecule has 4 rings (SSSR count). The third kappa shape index (κ3) is 5.13. The molecule has 0 aliphatic rings. The Morgan fingerprint density at radius 3 is 2.47 bits per heavy atom. The summed E-state index contributed by atoms with van der Waals surface area (Å²) in [6, 6.07) is 9.11. The zero-order valence-electron chi connectivity index (χ0n) is 19.9. The molecular formula is C26H25F3N4O3. The molecule has 2 N–H and O–H groups in total. The third-order valence-corrected chi connectivity index (χ3v) is 5.72. The first kappa shape index (κ1) is 25.1. The molecule has 0 fully saturated rings. The molecule has 0 bridgehead atoms. The number of nitrogens with zero attached hydrogens (tertiary/aromatic N) is 3. The van der Waals surface area contributed by atoms with Crippen molar-refractivity contribution < 1.29 is 23.0 Å². The van der Waals surface area contributed by atoms with Crippen LogP contribution in [-0.4, -0.2) is 32.9 Å². The number of pyridine rings is 1. The van der Waals surface area contributed by atoms with Gasteiger partial charge in [0.2, 0.25) is 0 Å². The van der Waals surface area contributed by atoms with Gasteiger partial charge in [-0.2, -0.15) is 0 Å². The summed E-state index contributed by atoms with van der Waals surface area (Å²) in [5.74, 6) is -0.0913. The SMILES string of the molecule is COc1cc(Nc2cc(C(F)F)cn([C@@H](CO)c3cc(C)cc(F)c3)c2=O)ccc1-n1cnc(C)c1. The van der Waals surface area contributed by atoms with Crippen molar-refractivity contribution in [3.05, 3.63) is 99.7 Å². The summed E-state index contributed by atoms with van der Waals surface area (Å²) in [7, 11) is 1.49. The lowest BCUT2D eigenvalue weighted by Crippen LogP contribution is -2.29. The Hall–Kier alpha value is -4.05. The van der Waals surface area contributed by atoms with Crippen LogP contribution in [0, 0.1) is 19.7 Å². The van der Waals surface area contributed by atoms with Crippen LogP contribution in [0.5, 0.6) is 5.75 Å². The highest BCUT2D eigenvalue weighted by atomic mass is 19.3. The summed E-state index contributed by atoms with van der Waals surface area (Å²) in [6.07, 6.45) is 1.56. The van der Waals surface area contributed by atoms with Gasteiger partial charge in [-0.05, 0) is 55.3 Å². The Labute approximate surface area is 205 Å². The molecule has 4 aromatic rings. The van der Waals surface area contributed by atoms with Gasteiger partial charge in [-0.15, -0.1) is 0 Å². The van der Waals surface area contributed by atoms with Crippen LogP contribution in [-0.2, 0) is 0 Å². The first-order valence-electron chi connectivity index (χ1n) is 11.1. The van der Waals surface area contributed by atoms with E-state index in [1.807, 2.05) is 13.1 Å². The summed E-state index contributed by atoms with van der Waals surface area (Å²) >= 11 is 0. The molecular weight excluding hydrogens is 473 g/mol. The van der Waals surface area contributed by atoms with Crippen molar-refractivity contribution in [3.63, 3.8) is 0 Å². The lowest BCUT2D eigenvalue weighted by atomic mass is 10.0. The molecule has 7 nitrogen and oxygen atoms in total. The maximum absolute atomic E-state index is 14.0. The number of alkyl halides is 2. The predicted octanol–water partition coefficient (Wildman–Crippen LogP) is 5.06. The van der Waals surface area contributed by atoms with Crippen LogP contribution in [0.4, 0.5) is 24.5 Å². The average Bonchev–Trinajstić information content (AvgIpc) is 3.26. The molecule has 10 heteroatoms. The molecule has 36 heavy (non-hydrogen) atoms. The van der Waals surface area contributed by atoms with E-state index in [4.69, 9.17) is 4.74 Å². The van der Waals surface area contributed by atoms with Gasteiger partial charge in [0.1, 0.15) is 17.3 Å². The Morgan fingerprint density at radius 2 is 1.86 bits per heavy atom. The van der Waals surface area contributed by atoms with Gasteiger partial charge in [-0.3, -0.25) is 4.79 Å². The van der Waals surface area contributed by atoms with E-state index in [9.17, 15) is 23.1 Å². The summed E-state index contributed by atoms with van der Waals surface area (Å²) in [6.45, 7) is 2.92. The second-order valence-corrected chi connectivity index (χ2v) is 8.39. The molecule has 0 unspecified atom stereocenters. The number of hydrogen-bond donors (Lipinski definition) is 2. The van der Waals surface area contributed by atoms with E-state index >= 15 is 0 Å². The number of imidazole rings is 1. The summed E-state index contributed by atoms with van der Waals surface area (Å²) < 4.78 is 49.8. The fraction of sp³-hybridized carbons (Fsp3) is 0.231. The Bertz CT molecular complexity index is 1430.